The van der Waals surface area contributed by atoms with Crippen molar-refractivity contribution in [2.45, 2.75) is 6.16 Å². The van der Waals surface area contributed by atoms with Crippen LogP contribution in [0.3, 0.4) is 0 Å². The molecule has 1 aromatic carbocycles. The van der Waals surface area contributed by atoms with Gasteiger partial charge < -0.3 is 0 Å². The SMILES string of the molecule is O=[P+](Cc1cccc(-c2ccccn2)n1)c1ccccc1. The second kappa shape index (κ2) is 6.38. The van der Waals surface area contributed by atoms with Gasteiger partial charge in [0.2, 0.25) is 0 Å². The van der Waals surface area contributed by atoms with Crippen LogP contribution in [0.1, 0.15) is 5.69 Å². The van der Waals surface area contributed by atoms with E-state index in [4.69, 9.17) is 0 Å². The Hall–Kier alpha value is -2.38. The van der Waals surface area contributed by atoms with Crippen LogP contribution in [0.2, 0.25) is 0 Å². The summed E-state index contributed by atoms with van der Waals surface area (Å²) < 4.78 is 12.4. The van der Waals surface area contributed by atoms with Crippen molar-refractivity contribution in [3.05, 3.63) is 78.6 Å². The Labute approximate surface area is 124 Å². The summed E-state index contributed by atoms with van der Waals surface area (Å²) in [5, 5.41) is 0.859. The molecule has 1 unspecified atom stereocenters. The van der Waals surface area contributed by atoms with Crippen molar-refractivity contribution in [3.63, 3.8) is 0 Å². The van der Waals surface area contributed by atoms with Gasteiger partial charge in [-0.05, 0) is 36.4 Å². The standard InChI is InChI=1S/C17H14N2OP/c20-21(15-8-2-1-3-9-15)13-14-7-6-11-17(19-14)16-10-4-5-12-18-16/h1-12H,13H2/q+1. The number of nitrogens with zero attached hydrogens (tertiary/aromatic N) is 2. The van der Waals surface area contributed by atoms with E-state index in [1.54, 1.807) is 6.20 Å². The van der Waals surface area contributed by atoms with E-state index in [9.17, 15) is 4.57 Å². The first-order valence-electron chi connectivity index (χ1n) is 6.70. The molecule has 3 nitrogen and oxygen atoms in total. The smallest absolute Gasteiger partial charge is 0.255 e. The Bertz CT molecular complexity index is 745. The number of hydrogen-bond donors (Lipinski definition) is 0. The van der Waals surface area contributed by atoms with Gasteiger partial charge in [-0.1, -0.05) is 34.9 Å². The first kappa shape index (κ1) is 13.6. The number of benzene rings is 1. The molecule has 3 rings (SSSR count). The van der Waals surface area contributed by atoms with E-state index >= 15 is 0 Å². The maximum atomic E-state index is 12.4. The third kappa shape index (κ3) is 3.39. The first-order valence-corrected chi connectivity index (χ1v) is 8.14. The van der Waals surface area contributed by atoms with Gasteiger partial charge in [-0.3, -0.25) is 4.98 Å². The van der Waals surface area contributed by atoms with Gasteiger partial charge in [0.05, 0.1) is 17.1 Å². The third-order valence-electron chi connectivity index (χ3n) is 3.08. The molecule has 3 aromatic rings. The van der Waals surface area contributed by atoms with Gasteiger partial charge in [-0.25, -0.2) is 4.98 Å². The second-order valence-corrected chi connectivity index (χ2v) is 6.19. The predicted molar refractivity (Wildman–Crippen MR) is 84.9 cm³/mol. The highest BCUT2D eigenvalue weighted by Crippen LogP contribution is 2.26. The Morgan fingerprint density at radius 1 is 0.810 bits per heavy atom. The van der Waals surface area contributed by atoms with E-state index in [1.807, 2.05) is 66.7 Å². The van der Waals surface area contributed by atoms with E-state index < -0.39 is 7.80 Å². The fourth-order valence-corrected chi connectivity index (χ4v) is 3.21. The average molecular weight is 293 g/mol. The number of rotatable bonds is 4. The molecule has 0 aliphatic rings. The van der Waals surface area contributed by atoms with Crippen LogP contribution in [0.25, 0.3) is 11.4 Å². The largest absolute Gasteiger partial charge is 0.383 e. The van der Waals surface area contributed by atoms with Crippen LogP contribution in [0.15, 0.2) is 72.9 Å². The Balaban J connectivity index is 1.83. The summed E-state index contributed by atoms with van der Waals surface area (Å²) in [6.07, 6.45) is 2.19. The molecule has 0 bridgehead atoms. The first-order chi connectivity index (χ1) is 10.3. The van der Waals surface area contributed by atoms with E-state index in [1.165, 1.54) is 0 Å². The molecule has 0 aliphatic heterocycles. The van der Waals surface area contributed by atoms with E-state index in [-0.39, 0.29) is 0 Å². The zero-order valence-electron chi connectivity index (χ0n) is 11.4. The monoisotopic (exact) mass is 293 g/mol. The molecule has 0 radical (unpaired) electrons. The highest BCUT2D eigenvalue weighted by Gasteiger charge is 2.20. The van der Waals surface area contributed by atoms with Crippen LogP contribution in [0.4, 0.5) is 0 Å². The molecular weight excluding hydrogens is 279 g/mol. The Kier molecular flexibility index (Phi) is 4.13. The van der Waals surface area contributed by atoms with E-state index in [0.717, 1.165) is 22.4 Å². The zero-order chi connectivity index (χ0) is 14.5. The highest BCUT2D eigenvalue weighted by atomic mass is 31.1. The Morgan fingerprint density at radius 3 is 2.33 bits per heavy atom. The summed E-state index contributed by atoms with van der Waals surface area (Å²) in [5.74, 6) is 0. The third-order valence-corrected chi connectivity index (χ3v) is 4.57. The van der Waals surface area contributed by atoms with Crippen molar-refractivity contribution >= 4 is 13.1 Å². The minimum atomic E-state index is -1.47. The van der Waals surface area contributed by atoms with Crippen molar-refractivity contribution < 1.29 is 4.57 Å². The Morgan fingerprint density at radius 2 is 1.57 bits per heavy atom. The van der Waals surface area contributed by atoms with Gasteiger partial charge in [0, 0.05) is 6.20 Å². The van der Waals surface area contributed by atoms with Gasteiger partial charge in [-0.2, -0.15) is 0 Å². The normalized spacial score (nSPS) is 11.1. The maximum Gasteiger partial charge on any atom is 0.383 e. The summed E-state index contributed by atoms with van der Waals surface area (Å²) in [6.45, 7) is 0. The van der Waals surface area contributed by atoms with Gasteiger partial charge in [0.25, 0.3) is 0 Å². The van der Waals surface area contributed by atoms with Crippen molar-refractivity contribution in [3.8, 4) is 11.4 Å². The number of hydrogen-bond acceptors (Lipinski definition) is 3. The van der Waals surface area contributed by atoms with Crippen molar-refractivity contribution in [1.29, 1.82) is 0 Å². The fourth-order valence-electron chi connectivity index (χ4n) is 2.06. The van der Waals surface area contributed by atoms with Crippen molar-refractivity contribution in [1.82, 2.24) is 9.97 Å². The second-order valence-electron chi connectivity index (χ2n) is 4.60. The molecule has 0 saturated carbocycles. The van der Waals surface area contributed by atoms with Crippen LogP contribution in [0.5, 0.6) is 0 Å². The lowest BCUT2D eigenvalue weighted by Gasteiger charge is -2.00. The van der Waals surface area contributed by atoms with Crippen molar-refractivity contribution in [2.75, 3.05) is 0 Å². The molecule has 2 heterocycles. The minimum Gasteiger partial charge on any atom is -0.255 e. The van der Waals surface area contributed by atoms with E-state index in [0.29, 0.717) is 6.16 Å². The van der Waals surface area contributed by atoms with Crippen LogP contribution >= 0.6 is 7.80 Å². The summed E-state index contributed by atoms with van der Waals surface area (Å²) in [6, 6.07) is 21.0. The molecule has 21 heavy (non-hydrogen) atoms. The quantitative estimate of drug-likeness (QED) is 0.687. The minimum absolute atomic E-state index is 0.444. The summed E-state index contributed by atoms with van der Waals surface area (Å²) in [7, 11) is -1.47. The molecule has 0 N–H and O–H groups in total. The van der Waals surface area contributed by atoms with Crippen LogP contribution in [-0.2, 0) is 10.7 Å². The fraction of sp³-hybridized carbons (Fsp3) is 0.0588. The maximum absolute atomic E-state index is 12.4. The summed E-state index contributed by atoms with van der Waals surface area (Å²) >= 11 is 0. The summed E-state index contributed by atoms with van der Waals surface area (Å²) in [4.78, 5) is 8.85. The van der Waals surface area contributed by atoms with E-state index in [2.05, 4.69) is 9.97 Å². The molecule has 0 aliphatic carbocycles. The molecule has 0 spiro atoms. The molecule has 0 fully saturated rings. The molecular formula is C17H14N2OP+. The van der Waals surface area contributed by atoms with Gasteiger partial charge in [-0.15, -0.1) is 0 Å². The molecule has 0 saturated heterocycles. The van der Waals surface area contributed by atoms with Gasteiger partial charge in [0.1, 0.15) is 0 Å². The van der Waals surface area contributed by atoms with Gasteiger partial charge in [0.15, 0.2) is 11.5 Å². The summed E-state index contributed by atoms with van der Waals surface area (Å²) in [5.41, 5.74) is 2.46. The van der Waals surface area contributed by atoms with Crippen molar-refractivity contribution in [2.24, 2.45) is 0 Å². The lowest BCUT2D eigenvalue weighted by Crippen LogP contribution is -1.98. The molecule has 102 valence electrons. The molecule has 4 heteroatoms. The topological polar surface area (TPSA) is 42.9 Å². The number of pyridine rings is 2. The zero-order valence-corrected chi connectivity index (χ0v) is 12.3. The highest BCUT2D eigenvalue weighted by molar-refractivity contribution is 7.52. The molecule has 2 aromatic heterocycles. The average Bonchev–Trinajstić information content (AvgIpc) is 2.57. The predicted octanol–water partition coefficient (Wildman–Crippen LogP) is 3.80. The van der Waals surface area contributed by atoms with Crippen LogP contribution in [-0.4, -0.2) is 9.97 Å². The lowest BCUT2D eigenvalue weighted by atomic mass is 10.2. The number of aromatic nitrogens is 2. The van der Waals surface area contributed by atoms with Crippen LogP contribution < -0.4 is 5.30 Å². The lowest BCUT2D eigenvalue weighted by molar-refractivity contribution is 0.592. The van der Waals surface area contributed by atoms with Crippen LogP contribution in [0, 0.1) is 0 Å². The molecule has 0 amide bonds. The van der Waals surface area contributed by atoms with Gasteiger partial charge >= 0.3 is 7.80 Å². The molecule has 1 atom stereocenters.